The minimum Gasteiger partial charge on any atom is -0.494 e. The van der Waals surface area contributed by atoms with Gasteiger partial charge in [0.15, 0.2) is 0 Å². The van der Waals surface area contributed by atoms with Gasteiger partial charge in [0.1, 0.15) is 51.0 Å². The van der Waals surface area contributed by atoms with Gasteiger partial charge in [0.2, 0.25) is 0 Å². The number of thiazole rings is 2. The van der Waals surface area contributed by atoms with Gasteiger partial charge in [0, 0.05) is 39.3 Å². The number of hydrogen-bond acceptors (Lipinski definition) is 13. The Morgan fingerprint density at radius 1 is 0.417 bits per heavy atom. The second kappa shape index (κ2) is 34.2. The van der Waals surface area contributed by atoms with Crippen molar-refractivity contribution in [2.75, 3.05) is 39.4 Å². The summed E-state index contributed by atoms with van der Waals surface area (Å²) in [6, 6.07) is 68.0. The van der Waals surface area contributed by atoms with Crippen LogP contribution in [0.4, 0.5) is 0 Å². The summed E-state index contributed by atoms with van der Waals surface area (Å²) in [5.41, 5.74) is 9.46. The van der Waals surface area contributed by atoms with Crippen molar-refractivity contribution in [3.63, 3.8) is 0 Å². The number of nitrogens with zero attached hydrogens (tertiary/aromatic N) is 4. The van der Waals surface area contributed by atoms with E-state index in [4.69, 9.17) is 38.4 Å². The number of aryl methyl sites for hydroxylation is 2. The molecular weight excluding hydrogens is 1230 g/mol. The minimum absolute atomic E-state index is 0.0812. The van der Waals surface area contributed by atoms with E-state index < -0.39 is 23.0 Å². The summed E-state index contributed by atoms with van der Waals surface area (Å²) in [5, 5.41) is 1.06. The van der Waals surface area contributed by atoms with Crippen molar-refractivity contribution in [2.45, 2.75) is 169 Å². The van der Waals surface area contributed by atoms with E-state index in [2.05, 4.69) is 192 Å². The zero-order valence-corrected chi connectivity index (χ0v) is 59.7. The average Bonchev–Trinajstić information content (AvgIpc) is 1.57. The van der Waals surface area contributed by atoms with Crippen molar-refractivity contribution in [1.82, 2.24) is 19.8 Å². The SMILES string of the molecule is CC(C)Oc1nc2c(OC(C)(C)C)ccc(C(CN(CCc3ccc(OCCCCc4ccccc4)cc3)Cc3ccccc3)C(=O)C(CN(CCc3ccc(OCCCCc4ccccc4)cc3)Cc3ccccc3)c3ccc(OC(C)(C)C)c4nc(OC(C)C)sc34)c2s1. The first-order valence-corrected chi connectivity index (χ1v) is 36.1. The summed E-state index contributed by atoms with van der Waals surface area (Å²) in [6.07, 6.45) is 7.39. The molecule has 0 aliphatic heterocycles. The quantitative estimate of drug-likeness (QED) is 0.0351. The van der Waals surface area contributed by atoms with E-state index >= 15 is 4.79 Å². The maximum Gasteiger partial charge on any atom is 0.274 e. The first kappa shape index (κ1) is 70.7. The minimum atomic E-state index is -0.681. The van der Waals surface area contributed by atoms with Gasteiger partial charge in [-0.2, -0.15) is 9.97 Å². The van der Waals surface area contributed by atoms with E-state index in [0.29, 0.717) is 85.4 Å². The number of ether oxygens (including phenoxy) is 6. The van der Waals surface area contributed by atoms with Crippen LogP contribution in [0.1, 0.15) is 151 Å². The number of rotatable bonds is 36. The highest BCUT2D eigenvalue weighted by atomic mass is 32.1. The van der Waals surface area contributed by atoms with Crippen LogP contribution in [0, 0.1) is 0 Å². The Bertz CT molecular complexity index is 3720. The molecule has 0 aliphatic rings. The fourth-order valence-electron chi connectivity index (χ4n) is 12.1. The molecular formula is C83H98N4O7S2. The van der Waals surface area contributed by atoms with Gasteiger partial charge in [-0.1, -0.05) is 180 Å². The highest BCUT2D eigenvalue weighted by molar-refractivity contribution is 7.20. The molecule has 2 unspecified atom stereocenters. The Balaban J connectivity index is 1.04. The van der Waals surface area contributed by atoms with Crippen molar-refractivity contribution in [3.05, 3.63) is 239 Å². The van der Waals surface area contributed by atoms with Gasteiger partial charge in [-0.3, -0.25) is 14.6 Å². The molecule has 11 nitrogen and oxygen atoms in total. The van der Waals surface area contributed by atoms with Crippen LogP contribution in [0.5, 0.6) is 33.4 Å². The molecule has 0 radical (unpaired) electrons. The molecule has 2 heterocycles. The highest BCUT2D eigenvalue weighted by Crippen LogP contribution is 2.46. The smallest absolute Gasteiger partial charge is 0.274 e. The molecule has 0 amide bonds. The van der Waals surface area contributed by atoms with Crippen LogP contribution in [0.15, 0.2) is 194 Å². The molecule has 2 atom stereocenters. The lowest BCUT2D eigenvalue weighted by molar-refractivity contribution is -0.123. The topological polar surface area (TPSA) is 105 Å². The summed E-state index contributed by atoms with van der Waals surface area (Å²) in [5.74, 6) is 1.74. The van der Waals surface area contributed by atoms with Crippen LogP contribution in [-0.2, 0) is 43.6 Å². The number of aromatic nitrogens is 2. The predicted octanol–water partition coefficient (Wildman–Crippen LogP) is 19.6. The monoisotopic (exact) mass is 1330 g/mol. The van der Waals surface area contributed by atoms with Crippen LogP contribution < -0.4 is 28.4 Å². The van der Waals surface area contributed by atoms with Gasteiger partial charge in [-0.25, -0.2) is 0 Å². The lowest BCUT2D eigenvalue weighted by atomic mass is 9.82. The molecule has 0 fully saturated rings. The zero-order valence-electron chi connectivity index (χ0n) is 58.1. The number of Topliss-reactive ketones (excluding diaryl/α,β-unsaturated/α-hetero) is 1. The van der Waals surface area contributed by atoms with Gasteiger partial charge in [0.05, 0.1) is 46.7 Å². The van der Waals surface area contributed by atoms with Gasteiger partial charge >= 0.3 is 0 Å². The van der Waals surface area contributed by atoms with E-state index in [0.717, 1.165) is 94.5 Å². The normalized spacial score (nSPS) is 12.6. The third-order valence-electron chi connectivity index (χ3n) is 16.6. The predicted molar refractivity (Wildman–Crippen MR) is 395 cm³/mol. The first-order valence-electron chi connectivity index (χ1n) is 34.5. The molecule has 504 valence electrons. The second-order valence-corrected chi connectivity index (χ2v) is 29.6. The number of benzene rings is 8. The van der Waals surface area contributed by atoms with E-state index in [1.165, 1.54) is 44.9 Å². The molecule has 0 spiro atoms. The van der Waals surface area contributed by atoms with Gasteiger partial charge < -0.3 is 28.4 Å². The second-order valence-electron chi connectivity index (χ2n) is 27.7. The van der Waals surface area contributed by atoms with Crippen LogP contribution in [-0.4, -0.2) is 88.4 Å². The van der Waals surface area contributed by atoms with E-state index in [1.807, 2.05) is 81.4 Å². The summed E-state index contributed by atoms with van der Waals surface area (Å²) >= 11 is 2.97. The number of carbonyl (C=O) groups excluding carboxylic acids is 1. The Labute approximate surface area is 578 Å². The molecule has 0 saturated heterocycles. The van der Waals surface area contributed by atoms with E-state index in [1.54, 1.807) is 0 Å². The van der Waals surface area contributed by atoms with Crippen LogP contribution >= 0.6 is 22.7 Å². The largest absolute Gasteiger partial charge is 0.494 e. The van der Waals surface area contributed by atoms with Gasteiger partial charge in [-0.05, 0) is 202 Å². The lowest BCUT2D eigenvalue weighted by Gasteiger charge is -2.33. The standard InChI is InChI=1S/C83H98N4O7S2/c1-59(2)91-80-84-75-73(93-82(5,6)7)47-45-69(78(75)95-80)71(57-86(55-65-33-19-13-20-34-65)51-49-63-37-41-67(42-38-63)89-53-25-23-31-61-27-15-11-16-28-61)77(88)72(70-46-48-74(94-83(8,9)10)76-79(70)96-81(85-76)92-60(3)4)58-87(56-66-35-21-14-22-36-66)52-50-64-39-43-68(44-40-64)90-54-26-24-32-62-29-17-12-18-30-62/h11-22,27-30,33-48,59-60,71-72H,23-26,31-32,49-58H2,1-10H3. The molecule has 0 bridgehead atoms. The number of ketones is 1. The van der Waals surface area contributed by atoms with Crippen molar-refractivity contribution >= 4 is 48.9 Å². The molecule has 13 heteroatoms. The number of carbonyl (C=O) groups is 1. The maximum atomic E-state index is 17.5. The first-order chi connectivity index (χ1) is 46.3. The molecule has 0 saturated carbocycles. The molecule has 2 aromatic heterocycles. The van der Waals surface area contributed by atoms with Crippen molar-refractivity contribution in [2.24, 2.45) is 0 Å². The molecule has 10 rings (SSSR count). The van der Waals surface area contributed by atoms with Crippen LogP contribution in [0.3, 0.4) is 0 Å². The van der Waals surface area contributed by atoms with Gasteiger partial charge in [0.25, 0.3) is 10.4 Å². The van der Waals surface area contributed by atoms with Crippen LogP contribution in [0.25, 0.3) is 20.4 Å². The van der Waals surface area contributed by atoms with Crippen molar-refractivity contribution < 1.29 is 33.2 Å². The maximum absolute atomic E-state index is 17.5. The Morgan fingerprint density at radius 2 is 0.760 bits per heavy atom. The summed E-state index contributed by atoms with van der Waals surface area (Å²) in [7, 11) is 0. The van der Waals surface area contributed by atoms with Crippen LogP contribution in [0.2, 0.25) is 0 Å². The Kier molecular flexibility index (Phi) is 25.2. The zero-order chi connectivity index (χ0) is 67.4. The fourth-order valence-corrected chi connectivity index (χ4v) is 14.3. The third kappa shape index (κ3) is 21.5. The molecule has 96 heavy (non-hydrogen) atoms. The average molecular weight is 1330 g/mol. The lowest BCUT2D eigenvalue weighted by Crippen LogP contribution is -2.39. The van der Waals surface area contributed by atoms with Crippen molar-refractivity contribution in [1.29, 1.82) is 0 Å². The molecule has 0 N–H and O–H groups in total. The molecule has 8 aromatic carbocycles. The highest BCUT2D eigenvalue weighted by Gasteiger charge is 2.37. The summed E-state index contributed by atoms with van der Waals surface area (Å²) in [6.45, 7) is 25.1. The van der Waals surface area contributed by atoms with E-state index in [9.17, 15) is 0 Å². The Hall–Kier alpha value is -8.07. The number of hydrogen-bond donors (Lipinski definition) is 0. The third-order valence-corrected chi connectivity index (χ3v) is 18.6. The van der Waals surface area contributed by atoms with Gasteiger partial charge in [-0.15, -0.1) is 0 Å². The fraction of sp³-hybridized carbons (Fsp3) is 0.386. The summed E-state index contributed by atoms with van der Waals surface area (Å²) < 4.78 is 40.7. The Morgan fingerprint density at radius 3 is 1.10 bits per heavy atom. The summed E-state index contributed by atoms with van der Waals surface area (Å²) in [4.78, 5) is 32.8. The number of unbranched alkanes of at least 4 members (excludes halogenated alkanes) is 2. The van der Waals surface area contributed by atoms with E-state index in [-0.39, 0.29) is 18.0 Å². The number of fused-ring (bicyclic) bond motifs is 2. The molecule has 10 aromatic rings. The van der Waals surface area contributed by atoms with Crippen molar-refractivity contribution in [3.8, 4) is 33.4 Å². The molecule has 0 aliphatic carbocycles.